The predicted octanol–water partition coefficient (Wildman–Crippen LogP) is 4.75. The number of nitrogens with zero attached hydrogens (tertiary/aromatic N) is 1. The van der Waals surface area contributed by atoms with Crippen molar-refractivity contribution in [1.29, 1.82) is 0 Å². The monoisotopic (exact) mass is 451 g/mol. The molecule has 0 fully saturated rings. The predicted molar refractivity (Wildman–Crippen MR) is 127 cm³/mol. The van der Waals surface area contributed by atoms with E-state index >= 15 is 0 Å². The normalized spacial score (nSPS) is 10.8. The van der Waals surface area contributed by atoms with Crippen molar-refractivity contribution in [3.63, 3.8) is 0 Å². The molecule has 7 nitrogen and oxygen atoms in total. The van der Waals surface area contributed by atoms with Crippen LogP contribution in [0.5, 0.6) is 11.5 Å². The van der Waals surface area contributed by atoms with E-state index in [-0.39, 0.29) is 11.8 Å². The number of benzene rings is 2. The molecule has 0 atom stereocenters. The minimum absolute atomic E-state index is 0.0683. The quantitative estimate of drug-likeness (QED) is 0.516. The van der Waals surface area contributed by atoms with Gasteiger partial charge in [-0.1, -0.05) is 36.4 Å². The molecule has 2 N–H and O–H groups in total. The molecule has 3 rings (SSSR count). The van der Waals surface area contributed by atoms with Crippen molar-refractivity contribution in [3.05, 3.63) is 64.5 Å². The van der Waals surface area contributed by atoms with E-state index in [0.29, 0.717) is 28.7 Å². The Morgan fingerprint density at radius 3 is 2.50 bits per heavy atom. The summed E-state index contributed by atoms with van der Waals surface area (Å²) in [4.78, 5) is 28.4. The fraction of sp³-hybridized carbons (Fsp3) is 0.208. The molecular formula is C24H25N3O4S. The van der Waals surface area contributed by atoms with Crippen LogP contribution in [0.3, 0.4) is 0 Å². The number of nitrogens with one attached hydrogen (secondary N) is 2. The average molecular weight is 452 g/mol. The molecule has 1 heterocycles. The Morgan fingerprint density at radius 2 is 1.88 bits per heavy atom. The molecule has 0 aliphatic rings. The number of aromatic nitrogens is 1. The standard InChI is InChI=1S/C24H25N3O4S/c1-5-6-18-11-19(12-21(30-3)22(18)31-4)23(29)27-24-26-20(14-32-24)17-9-7-16(8-10-17)13-25-15(2)28/h5-12,14H,13H2,1-4H3,(H,25,28)(H,26,27,29)/b6-5+. The third kappa shape index (κ3) is 5.53. The molecule has 0 aliphatic heterocycles. The molecule has 0 bridgehead atoms. The number of anilines is 1. The van der Waals surface area contributed by atoms with Gasteiger partial charge in [0.05, 0.1) is 19.9 Å². The molecular weight excluding hydrogens is 426 g/mol. The van der Waals surface area contributed by atoms with Crippen molar-refractivity contribution in [1.82, 2.24) is 10.3 Å². The van der Waals surface area contributed by atoms with Gasteiger partial charge < -0.3 is 14.8 Å². The van der Waals surface area contributed by atoms with Gasteiger partial charge in [0.25, 0.3) is 5.91 Å². The summed E-state index contributed by atoms with van der Waals surface area (Å²) in [6.45, 7) is 3.86. The van der Waals surface area contributed by atoms with E-state index in [4.69, 9.17) is 9.47 Å². The van der Waals surface area contributed by atoms with Gasteiger partial charge in [-0.25, -0.2) is 4.98 Å². The number of allylic oxidation sites excluding steroid dienone is 1. The van der Waals surface area contributed by atoms with Crippen molar-refractivity contribution in [3.8, 4) is 22.8 Å². The third-order valence-electron chi connectivity index (χ3n) is 4.63. The lowest BCUT2D eigenvalue weighted by atomic mass is 10.1. The highest BCUT2D eigenvalue weighted by atomic mass is 32.1. The smallest absolute Gasteiger partial charge is 0.257 e. The van der Waals surface area contributed by atoms with E-state index in [1.807, 2.05) is 48.7 Å². The Bertz CT molecular complexity index is 1140. The number of thiazole rings is 1. The van der Waals surface area contributed by atoms with E-state index < -0.39 is 0 Å². The lowest BCUT2D eigenvalue weighted by molar-refractivity contribution is -0.119. The zero-order valence-electron chi connectivity index (χ0n) is 18.4. The maximum atomic E-state index is 12.9. The SMILES string of the molecule is C/C=C/c1cc(C(=O)Nc2nc(-c3ccc(CNC(C)=O)cc3)cs2)cc(OC)c1OC. The van der Waals surface area contributed by atoms with E-state index in [0.717, 1.165) is 22.4 Å². The van der Waals surface area contributed by atoms with Crippen LogP contribution in [0.25, 0.3) is 17.3 Å². The number of carbonyl (C=O) groups is 2. The van der Waals surface area contributed by atoms with Gasteiger partial charge in [0.2, 0.25) is 5.91 Å². The second-order valence-electron chi connectivity index (χ2n) is 6.90. The summed E-state index contributed by atoms with van der Waals surface area (Å²) >= 11 is 1.35. The molecule has 0 saturated heterocycles. The van der Waals surface area contributed by atoms with Gasteiger partial charge in [-0.3, -0.25) is 14.9 Å². The summed E-state index contributed by atoms with van der Waals surface area (Å²) in [5, 5.41) is 8.00. The van der Waals surface area contributed by atoms with Crippen molar-refractivity contribution in [2.45, 2.75) is 20.4 Å². The Kier molecular flexibility index (Phi) is 7.62. The molecule has 2 aromatic carbocycles. The summed E-state index contributed by atoms with van der Waals surface area (Å²) in [5.74, 6) is 0.692. The Balaban J connectivity index is 1.76. The molecule has 2 amide bonds. The summed E-state index contributed by atoms with van der Waals surface area (Å²) in [7, 11) is 3.10. The number of ether oxygens (including phenoxy) is 2. The van der Waals surface area contributed by atoms with E-state index in [1.165, 1.54) is 25.4 Å². The van der Waals surface area contributed by atoms with Gasteiger partial charge in [-0.2, -0.15) is 0 Å². The molecule has 3 aromatic rings. The van der Waals surface area contributed by atoms with Crippen LogP contribution >= 0.6 is 11.3 Å². The Hall–Kier alpha value is -3.65. The van der Waals surface area contributed by atoms with Crippen molar-refractivity contribution < 1.29 is 19.1 Å². The summed E-state index contributed by atoms with van der Waals surface area (Å²) in [5.41, 5.74) is 3.87. The zero-order chi connectivity index (χ0) is 23.1. The number of hydrogen-bond acceptors (Lipinski definition) is 6. The summed E-state index contributed by atoms with van der Waals surface area (Å²) < 4.78 is 10.8. The first-order chi connectivity index (χ1) is 15.4. The van der Waals surface area contributed by atoms with Crippen molar-refractivity contribution >= 4 is 34.4 Å². The molecule has 166 valence electrons. The molecule has 8 heteroatoms. The van der Waals surface area contributed by atoms with Gasteiger partial charge in [-0.15, -0.1) is 11.3 Å². The van der Waals surface area contributed by atoms with Gasteiger partial charge in [-0.05, 0) is 24.6 Å². The molecule has 0 aliphatic carbocycles. The van der Waals surface area contributed by atoms with Crippen LogP contribution in [-0.2, 0) is 11.3 Å². The van der Waals surface area contributed by atoms with Gasteiger partial charge in [0.1, 0.15) is 0 Å². The lowest BCUT2D eigenvalue weighted by Crippen LogP contribution is -2.18. The van der Waals surface area contributed by atoms with Crippen LogP contribution in [-0.4, -0.2) is 31.0 Å². The summed E-state index contributed by atoms with van der Waals surface area (Å²) in [6, 6.07) is 11.2. The van der Waals surface area contributed by atoms with Crippen LogP contribution in [0.4, 0.5) is 5.13 Å². The van der Waals surface area contributed by atoms with E-state index in [2.05, 4.69) is 15.6 Å². The molecule has 0 unspecified atom stereocenters. The first-order valence-electron chi connectivity index (χ1n) is 9.94. The van der Waals surface area contributed by atoms with Crippen LogP contribution in [0.1, 0.15) is 35.3 Å². The average Bonchev–Trinajstić information content (AvgIpc) is 3.26. The highest BCUT2D eigenvalue weighted by Gasteiger charge is 2.16. The zero-order valence-corrected chi connectivity index (χ0v) is 19.2. The maximum Gasteiger partial charge on any atom is 0.257 e. The van der Waals surface area contributed by atoms with E-state index in [9.17, 15) is 9.59 Å². The highest BCUT2D eigenvalue weighted by molar-refractivity contribution is 7.14. The number of hydrogen-bond donors (Lipinski definition) is 2. The maximum absolute atomic E-state index is 12.9. The molecule has 1 aromatic heterocycles. The molecule has 0 radical (unpaired) electrons. The number of rotatable bonds is 8. The fourth-order valence-corrected chi connectivity index (χ4v) is 3.80. The first kappa shape index (κ1) is 23.0. The van der Waals surface area contributed by atoms with Crippen LogP contribution in [0.15, 0.2) is 47.9 Å². The fourth-order valence-electron chi connectivity index (χ4n) is 3.08. The first-order valence-corrected chi connectivity index (χ1v) is 10.8. The Morgan fingerprint density at radius 1 is 1.12 bits per heavy atom. The third-order valence-corrected chi connectivity index (χ3v) is 5.39. The van der Waals surface area contributed by atoms with Crippen molar-refractivity contribution in [2.75, 3.05) is 19.5 Å². The highest BCUT2D eigenvalue weighted by Crippen LogP contribution is 2.34. The Labute approximate surface area is 191 Å². The number of methoxy groups -OCH3 is 2. The van der Waals surface area contributed by atoms with Crippen LogP contribution in [0, 0.1) is 0 Å². The summed E-state index contributed by atoms with van der Waals surface area (Å²) in [6.07, 6.45) is 3.72. The van der Waals surface area contributed by atoms with Gasteiger partial charge in [0, 0.05) is 35.5 Å². The van der Waals surface area contributed by atoms with Crippen molar-refractivity contribution in [2.24, 2.45) is 0 Å². The van der Waals surface area contributed by atoms with Gasteiger partial charge >= 0.3 is 0 Å². The lowest BCUT2D eigenvalue weighted by Gasteiger charge is -2.13. The van der Waals surface area contributed by atoms with Crippen LogP contribution < -0.4 is 20.1 Å². The minimum atomic E-state index is -0.289. The van der Waals surface area contributed by atoms with Gasteiger partial charge in [0.15, 0.2) is 16.6 Å². The topological polar surface area (TPSA) is 89.6 Å². The largest absolute Gasteiger partial charge is 0.493 e. The van der Waals surface area contributed by atoms with Crippen LogP contribution in [0.2, 0.25) is 0 Å². The molecule has 0 saturated carbocycles. The second-order valence-corrected chi connectivity index (χ2v) is 7.76. The molecule has 0 spiro atoms. The number of amides is 2. The van der Waals surface area contributed by atoms with E-state index in [1.54, 1.807) is 19.2 Å². The number of carbonyl (C=O) groups excluding carboxylic acids is 2. The minimum Gasteiger partial charge on any atom is -0.493 e. The molecule has 32 heavy (non-hydrogen) atoms. The second kappa shape index (κ2) is 10.6.